The zero-order valence-electron chi connectivity index (χ0n) is 19.5. The van der Waals surface area contributed by atoms with Crippen LogP contribution >= 0.6 is 0 Å². The van der Waals surface area contributed by atoms with Gasteiger partial charge in [0.1, 0.15) is 18.6 Å². The van der Waals surface area contributed by atoms with Crippen molar-refractivity contribution in [1.82, 2.24) is 19.1 Å². The van der Waals surface area contributed by atoms with Crippen LogP contribution in [0.25, 0.3) is 0 Å². The van der Waals surface area contributed by atoms with Crippen LogP contribution in [0.4, 0.5) is 0 Å². The highest BCUT2D eigenvalue weighted by molar-refractivity contribution is 5.03. The van der Waals surface area contributed by atoms with E-state index in [1.807, 2.05) is 0 Å². The van der Waals surface area contributed by atoms with E-state index < -0.39 is 53.5 Å². The molecule has 13 nitrogen and oxygen atoms in total. The van der Waals surface area contributed by atoms with Gasteiger partial charge >= 0.3 is 11.4 Å². The Morgan fingerprint density at radius 3 is 2.11 bits per heavy atom. The summed E-state index contributed by atoms with van der Waals surface area (Å²) >= 11 is 0. The van der Waals surface area contributed by atoms with Crippen LogP contribution in [0, 0.1) is 19.8 Å². The number of aryl methyl sites for hydroxylation is 2. The minimum Gasteiger partial charge on any atom is -0.394 e. The smallest absolute Gasteiger partial charge is 0.330 e. The van der Waals surface area contributed by atoms with Crippen LogP contribution in [-0.2, 0) is 14.2 Å². The zero-order valence-corrected chi connectivity index (χ0v) is 19.5. The van der Waals surface area contributed by atoms with Gasteiger partial charge in [0.05, 0.1) is 12.7 Å². The number of nitrogens with zero attached hydrogens (tertiary/aromatic N) is 2. The molecular formula is C22H30N4O9. The Kier molecular flexibility index (Phi) is 7.52. The van der Waals surface area contributed by atoms with Crippen LogP contribution in [0.5, 0.6) is 0 Å². The molecule has 0 spiro atoms. The molecule has 0 radical (unpaired) electrons. The van der Waals surface area contributed by atoms with E-state index in [4.69, 9.17) is 14.2 Å². The number of hydrogen-bond donors (Lipinski definition) is 4. The molecule has 6 atom stereocenters. The Labute approximate surface area is 198 Å². The van der Waals surface area contributed by atoms with E-state index in [0.29, 0.717) is 30.4 Å². The van der Waals surface area contributed by atoms with Gasteiger partial charge in [-0.05, 0) is 39.0 Å². The van der Waals surface area contributed by atoms with Gasteiger partial charge in [0.15, 0.2) is 6.29 Å². The lowest BCUT2D eigenvalue weighted by molar-refractivity contribution is -0.177. The average Bonchev–Trinajstić information content (AvgIpc) is 3.39. The lowest BCUT2D eigenvalue weighted by Gasteiger charge is -2.18. The maximum Gasteiger partial charge on any atom is 0.330 e. The van der Waals surface area contributed by atoms with E-state index in [0.717, 1.165) is 0 Å². The van der Waals surface area contributed by atoms with Crippen LogP contribution in [0.3, 0.4) is 0 Å². The first-order valence-electron chi connectivity index (χ1n) is 11.5. The van der Waals surface area contributed by atoms with Gasteiger partial charge in [-0.15, -0.1) is 0 Å². The SMILES string of the molecule is Cc1cn(C2CC(O)C(OCCCC3C[C@H](n4cc(C)c(=O)[nH]c4=O)O[C@@H]3CO)O2)c(=O)[nH]c1=O. The lowest BCUT2D eigenvalue weighted by Crippen LogP contribution is -2.33. The molecule has 4 heterocycles. The molecule has 4 N–H and O–H groups in total. The van der Waals surface area contributed by atoms with Gasteiger partial charge in [-0.25, -0.2) is 9.59 Å². The summed E-state index contributed by atoms with van der Waals surface area (Å²) in [4.78, 5) is 51.9. The normalized spacial score (nSPS) is 28.6. The lowest BCUT2D eigenvalue weighted by atomic mass is 9.95. The molecule has 2 aliphatic rings. The maximum absolute atomic E-state index is 12.2. The summed E-state index contributed by atoms with van der Waals surface area (Å²) in [5, 5.41) is 20.0. The van der Waals surface area contributed by atoms with Crippen molar-refractivity contribution in [1.29, 1.82) is 0 Å². The molecule has 0 aromatic carbocycles. The number of aromatic amines is 2. The Balaban J connectivity index is 1.30. The van der Waals surface area contributed by atoms with Gasteiger partial charge in [-0.2, -0.15) is 0 Å². The molecule has 192 valence electrons. The Bertz CT molecular complexity index is 1280. The second-order valence-corrected chi connectivity index (χ2v) is 9.04. The molecule has 4 unspecified atom stereocenters. The third-order valence-corrected chi connectivity index (χ3v) is 6.50. The molecule has 0 bridgehead atoms. The van der Waals surface area contributed by atoms with Crippen molar-refractivity contribution in [3.63, 3.8) is 0 Å². The van der Waals surface area contributed by atoms with Gasteiger partial charge in [-0.1, -0.05) is 0 Å². The molecular weight excluding hydrogens is 464 g/mol. The molecule has 0 saturated carbocycles. The molecule has 2 fully saturated rings. The molecule has 2 saturated heterocycles. The number of ether oxygens (including phenoxy) is 3. The zero-order chi connectivity index (χ0) is 25.3. The van der Waals surface area contributed by atoms with Gasteiger partial charge in [-0.3, -0.25) is 28.7 Å². The fourth-order valence-electron chi connectivity index (χ4n) is 4.55. The molecule has 2 aromatic heterocycles. The Morgan fingerprint density at radius 2 is 1.54 bits per heavy atom. The Hall–Kier alpha value is -2.84. The van der Waals surface area contributed by atoms with Crippen molar-refractivity contribution >= 4 is 0 Å². The minimum atomic E-state index is -0.945. The molecule has 0 aliphatic carbocycles. The van der Waals surface area contributed by atoms with E-state index in [1.54, 1.807) is 13.8 Å². The topological polar surface area (TPSA) is 178 Å². The van der Waals surface area contributed by atoms with Gasteiger partial charge in [0.25, 0.3) is 11.1 Å². The Morgan fingerprint density at radius 1 is 0.971 bits per heavy atom. The second-order valence-electron chi connectivity index (χ2n) is 9.04. The van der Waals surface area contributed by atoms with Crippen molar-refractivity contribution in [2.45, 2.75) is 70.5 Å². The summed E-state index contributed by atoms with van der Waals surface area (Å²) < 4.78 is 19.8. The number of aromatic nitrogens is 4. The van der Waals surface area contributed by atoms with Crippen LogP contribution in [0.15, 0.2) is 31.6 Å². The highest BCUT2D eigenvalue weighted by Gasteiger charge is 2.38. The molecule has 4 rings (SSSR count). The van der Waals surface area contributed by atoms with E-state index in [-0.39, 0.29) is 25.6 Å². The fraction of sp³-hybridized carbons (Fsp3) is 0.636. The van der Waals surface area contributed by atoms with Crippen LogP contribution in [0.1, 0.15) is 49.3 Å². The monoisotopic (exact) mass is 494 g/mol. The van der Waals surface area contributed by atoms with Crippen LogP contribution in [-0.4, -0.2) is 61.0 Å². The van der Waals surface area contributed by atoms with E-state index >= 15 is 0 Å². The molecule has 2 aromatic rings. The minimum absolute atomic E-state index is 0.0439. The summed E-state index contributed by atoms with van der Waals surface area (Å²) in [7, 11) is 0. The first-order chi connectivity index (χ1) is 16.7. The van der Waals surface area contributed by atoms with Crippen molar-refractivity contribution in [2.75, 3.05) is 13.2 Å². The highest BCUT2D eigenvalue weighted by atomic mass is 16.7. The van der Waals surface area contributed by atoms with E-state index in [1.165, 1.54) is 21.5 Å². The van der Waals surface area contributed by atoms with Crippen molar-refractivity contribution in [3.8, 4) is 0 Å². The number of nitrogens with one attached hydrogen (secondary N) is 2. The summed E-state index contributed by atoms with van der Waals surface area (Å²) in [5.74, 6) is -0.0439. The highest BCUT2D eigenvalue weighted by Crippen LogP contribution is 2.35. The quantitative estimate of drug-likeness (QED) is 0.335. The van der Waals surface area contributed by atoms with Gasteiger partial charge in [0, 0.05) is 36.5 Å². The summed E-state index contributed by atoms with van der Waals surface area (Å²) in [5.41, 5.74) is -1.38. The second kappa shape index (κ2) is 10.4. The van der Waals surface area contributed by atoms with Crippen molar-refractivity contribution in [3.05, 3.63) is 65.2 Å². The third-order valence-electron chi connectivity index (χ3n) is 6.50. The van der Waals surface area contributed by atoms with Crippen LogP contribution in [0.2, 0.25) is 0 Å². The predicted molar refractivity (Wildman–Crippen MR) is 121 cm³/mol. The number of rotatable bonds is 8. The van der Waals surface area contributed by atoms with Crippen LogP contribution < -0.4 is 22.5 Å². The number of aliphatic hydroxyl groups is 2. The largest absolute Gasteiger partial charge is 0.394 e. The molecule has 13 heteroatoms. The number of H-pyrrole nitrogens is 2. The third kappa shape index (κ3) is 5.38. The van der Waals surface area contributed by atoms with Crippen molar-refractivity contribution in [2.24, 2.45) is 5.92 Å². The first kappa shape index (κ1) is 25.3. The predicted octanol–water partition coefficient (Wildman–Crippen LogP) is -0.998. The van der Waals surface area contributed by atoms with Gasteiger partial charge < -0.3 is 24.4 Å². The van der Waals surface area contributed by atoms with E-state index in [2.05, 4.69) is 9.97 Å². The fourth-order valence-corrected chi connectivity index (χ4v) is 4.55. The first-order valence-corrected chi connectivity index (χ1v) is 11.5. The van der Waals surface area contributed by atoms with Crippen molar-refractivity contribution < 1.29 is 24.4 Å². The molecule has 35 heavy (non-hydrogen) atoms. The molecule has 0 amide bonds. The van der Waals surface area contributed by atoms with E-state index in [9.17, 15) is 29.4 Å². The number of hydrogen-bond acceptors (Lipinski definition) is 9. The molecule has 2 aliphatic heterocycles. The average molecular weight is 495 g/mol. The summed E-state index contributed by atoms with van der Waals surface area (Å²) in [6, 6.07) is 0. The number of aliphatic hydroxyl groups excluding tert-OH is 2. The summed E-state index contributed by atoms with van der Waals surface area (Å²) in [6.45, 7) is 3.21. The standard InChI is InChI=1S/C22H30N4O9/c1-11-8-25(21(31)23-18(11)29)16-6-13(15(10-27)34-16)4-3-5-33-20-14(28)7-17(35-20)26-9-12(2)19(30)24-22(26)32/h8-9,13-17,20,27-28H,3-7,10H2,1-2H3,(H,23,29,31)(H,24,30,32)/t13?,14?,15-,16-,17?,20?/m1/s1. The summed E-state index contributed by atoms with van der Waals surface area (Å²) in [6.07, 6.45) is 0.965. The maximum atomic E-state index is 12.2. The van der Waals surface area contributed by atoms with Gasteiger partial charge in [0.2, 0.25) is 0 Å².